The van der Waals surface area contributed by atoms with E-state index in [0.29, 0.717) is 12.8 Å². The average molecular weight is 734 g/mol. The van der Waals surface area contributed by atoms with Gasteiger partial charge in [-0.3, -0.25) is 18.6 Å². The third-order valence-electron chi connectivity index (χ3n) is 7.28. The predicted molar refractivity (Wildman–Crippen MR) is 210 cm³/mol. The molecule has 0 fully saturated rings. The van der Waals surface area contributed by atoms with Gasteiger partial charge in [-0.2, -0.15) is 0 Å². The van der Waals surface area contributed by atoms with Crippen LogP contribution in [0.15, 0.2) is 85.1 Å². The van der Waals surface area contributed by atoms with E-state index in [-0.39, 0.29) is 32.6 Å². The molecule has 0 aromatic carbocycles. The Kier molecular flexibility index (Phi) is 34.9. The molecule has 0 aromatic rings. The van der Waals surface area contributed by atoms with Crippen LogP contribution in [0.2, 0.25) is 0 Å². The van der Waals surface area contributed by atoms with Crippen molar-refractivity contribution in [1.82, 2.24) is 0 Å². The Morgan fingerprint density at radius 2 is 1.12 bits per heavy atom. The van der Waals surface area contributed by atoms with Gasteiger partial charge >= 0.3 is 19.8 Å². The van der Waals surface area contributed by atoms with Crippen molar-refractivity contribution in [2.75, 3.05) is 26.4 Å². The summed E-state index contributed by atoms with van der Waals surface area (Å²) in [4.78, 5) is 34.6. The molecule has 2 atom stereocenters. The van der Waals surface area contributed by atoms with Gasteiger partial charge in [0, 0.05) is 19.4 Å². The van der Waals surface area contributed by atoms with Crippen LogP contribution in [-0.4, -0.2) is 49.3 Å². The summed E-state index contributed by atoms with van der Waals surface area (Å²) in [6.45, 7) is 3.44. The summed E-state index contributed by atoms with van der Waals surface area (Å²) < 4.78 is 32.5. The molecular weight excluding hydrogens is 665 g/mol. The lowest BCUT2D eigenvalue weighted by molar-refractivity contribution is -0.161. The lowest BCUT2D eigenvalue weighted by atomic mass is 10.1. The van der Waals surface area contributed by atoms with Crippen molar-refractivity contribution in [2.24, 2.45) is 5.73 Å². The molecule has 10 heteroatoms. The molecule has 0 heterocycles. The Balaban J connectivity index is 4.39. The quantitative estimate of drug-likeness (QED) is 0.0287. The van der Waals surface area contributed by atoms with E-state index >= 15 is 0 Å². The van der Waals surface area contributed by atoms with Crippen LogP contribution in [0, 0.1) is 0 Å². The SMILES string of the molecule is CCC=CCC=CCC=CCC=CCC=CCC=CCCC(=O)OC(COC(=O)CCCCCCCC=CCCCC)COP(=O)(O)OCCN. The first-order valence-electron chi connectivity index (χ1n) is 19.1. The minimum absolute atomic E-state index is 0.0363. The molecule has 0 radical (unpaired) electrons. The fraction of sp³-hybridized carbons (Fsp3) is 0.610. The van der Waals surface area contributed by atoms with E-state index in [9.17, 15) is 19.0 Å². The Morgan fingerprint density at radius 1 is 0.608 bits per heavy atom. The summed E-state index contributed by atoms with van der Waals surface area (Å²) in [5.41, 5.74) is 5.32. The van der Waals surface area contributed by atoms with E-state index < -0.39 is 32.5 Å². The van der Waals surface area contributed by atoms with Crippen LogP contribution in [-0.2, 0) is 32.7 Å². The lowest BCUT2D eigenvalue weighted by Crippen LogP contribution is -2.29. The average Bonchev–Trinajstić information content (AvgIpc) is 3.11. The van der Waals surface area contributed by atoms with Crippen molar-refractivity contribution in [3.05, 3.63) is 85.1 Å². The Morgan fingerprint density at radius 3 is 1.69 bits per heavy atom. The number of hydrogen-bond acceptors (Lipinski definition) is 8. The van der Waals surface area contributed by atoms with E-state index in [1.54, 1.807) is 0 Å². The minimum atomic E-state index is -4.40. The zero-order valence-corrected chi connectivity index (χ0v) is 32.4. The van der Waals surface area contributed by atoms with Gasteiger partial charge in [-0.15, -0.1) is 0 Å². The molecule has 0 spiro atoms. The number of phosphoric acid groups is 1. The molecule has 0 aliphatic heterocycles. The second-order valence-corrected chi connectivity index (χ2v) is 13.5. The van der Waals surface area contributed by atoms with Crippen molar-refractivity contribution in [1.29, 1.82) is 0 Å². The monoisotopic (exact) mass is 733 g/mol. The Labute approximate surface area is 309 Å². The van der Waals surface area contributed by atoms with Gasteiger partial charge in [0.05, 0.1) is 13.2 Å². The van der Waals surface area contributed by atoms with Gasteiger partial charge in [-0.05, 0) is 70.6 Å². The summed E-state index contributed by atoms with van der Waals surface area (Å²) >= 11 is 0. The van der Waals surface area contributed by atoms with E-state index in [0.717, 1.165) is 77.0 Å². The lowest BCUT2D eigenvalue weighted by Gasteiger charge is -2.19. The molecule has 9 nitrogen and oxygen atoms in total. The second kappa shape index (κ2) is 37.0. The summed E-state index contributed by atoms with van der Waals surface area (Å²) in [7, 11) is -4.40. The zero-order chi connectivity index (χ0) is 37.5. The van der Waals surface area contributed by atoms with Crippen LogP contribution in [0.3, 0.4) is 0 Å². The molecule has 290 valence electrons. The van der Waals surface area contributed by atoms with Crippen LogP contribution in [0.25, 0.3) is 0 Å². The normalized spacial score (nSPS) is 14.4. The molecule has 0 bridgehead atoms. The van der Waals surface area contributed by atoms with E-state index in [1.165, 1.54) is 12.8 Å². The van der Waals surface area contributed by atoms with Gasteiger partial charge in [0.2, 0.25) is 0 Å². The maximum Gasteiger partial charge on any atom is 0.472 e. The smallest absolute Gasteiger partial charge is 0.462 e. The summed E-state index contributed by atoms with van der Waals surface area (Å²) in [5, 5.41) is 0. The Hall–Kier alpha value is -2.81. The van der Waals surface area contributed by atoms with Gasteiger partial charge in [0.1, 0.15) is 6.61 Å². The number of unbranched alkanes of at least 4 members (excludes halogenated alkanes) is 7. The second-order valence-electron chi connectivity index (χ2n) is 12.1. The first kappa shape index (κ1) is 48.2. The molecule has 0 saturated carbocycles. The maximum atomic E-state index is 12.5. The van der Waals surface area contributed by atoms with Crippen LogP contribution in [0.5, 0.6) is 0 Å². The molecule has 2 unspecified atom stereocenters. The third kappa shape index (κ3) is 36.8. The highest BCUT2D eigenvalue weighted by atomic mass is 31.2. The fourth-order valence-corrected chi connectivity index (χ4v) is 5.23. The van der Waals surface area contributed by atoms with Gasteiger partial charge in [0.25, 0.3) is 0 Å². The molecule has 0 aliphatic rings. The molecule has 0 rings (SSSR count). The van der Waals surface area contributed by atoms with Crippen molar-refractivity contribution >= 4 is 19.8 Å². The van der Waals surface area contributed by atoms with Crippen molar-refractivity contribution in [2.45, 2.75) is 136 Å². The standard InChI is InChI=1S/C41H68NO8P/c1-3-5-7-9-11-13-15-16-17-18-19-20-21-22-24-26-28-30-32-34-41(44)50-39(38-49-51(45,46)48-36-35-42)37-47-40(43)33-31-29-27-25-23-14-12-10-8-6-4-2/h5,7,10-13,16-17,19-20,22,24,28,30,39H,3-4,6,8-9,14-15,18,21,23,25-27,29,31-38,42H2,1-2H3,(H,45,46). The largest absolute Gasteiger partial charge is 0.472 e. The highest BCUT2D eigenvalue weighted by Crippen LogP contribution is 2.43. The highest BCUT2D eigenvalue weighted by molar-refractivity contribution is 7.47. The van der Waals surface area contributed by atoms with Gasteiger partial charge < -0.3 is 20.1 Å². The van der Waals surface area contributed by atoms with Crippen molar-refractivity contribution in [3.8, 4) is 0 Å². The molecular formula is C41H68NO8P. The van der Waals surface area contributed by atoms with Gasteiger partial charge in [-0.1, -0.05) is 131 Å². The summed E-state index contributed by atoms with van der Waals surface area (Å²) in [6, 6.07) is 0. The van der Waals surface area contributed by atoms with Crippen LogP contribution in [0.4, 0.5) is 0 Å². The van der Waals surface area contributed by atoms with E-state index in [1.807, 2.05) is 12.2 Å². The van der Waals surface area contributed by atoms with Crippen molar-refractivity contribution < 1.29 is 37.6 Å². The Bertz CT molecular complexity index is 1110. The predicted octanol–water partition coefficient (Wildman–Crippen LogP) is 10.5. The summed E-state index contributed by atoms with van der Waals surface area (Å²) in [6.07, 6.45) is 44.9. The third-order valence-corrected chi connectivity index (χ3v) is 8.26. The van der Waals surface area contributed by atoms with Gasteiger partial charge in [-0.25, -0.2) is 4.57 Å². The number of nitrogens with two attached hydrogens (primary N) is 1. The molecule has 0 aromatic heterocycles. The number of esters is 2. The molecule has 0 amide bonds. The molecule has 0 aliphatic carbocycles. The molecule has 51 heavy (non-hydrogen) atoms. The first-order valence-corrected chi connectivity index (χ1v) is 20.6. The van der Waals surface area contributed by atoms with Crippen LogP contribution in [0.1, 0.15) is 129 Å². The number of carbonyl (C=O) groups is 2. The molecule has 0 saturated heterocycles. The van der Waals surface area contributed by atoms with Crippen molar-refractivity contribution in [3.63, 3.8) is 0 Å². The summed E-state index contributed by atoms with van der Waals surface area (Å²) in [5.74, 6) is -0.950. The topological polar surface area (TPSA) is 134 Å². The number of hydrogen-bond donors (Lipinski definition) is 2. The van der Waals surface area contributed by atoms with E-state index in [2.05, 4.69) is 86.8 Å². The maximum absolute atomic E-state index is 12.5. The number of rotatable bonds is 34. The van der Waals surface area contributed by atoms with E-state index in [4.69, 9.17) is 24.3 Å². The minimum Gasteiger partial charge on any atom is -0.462 e. The van der Waals surface area contributed by atoms with Crippen LogP contribution < -0.4 is 5.73 Å². The molecule has 3 N–H and O–H groups in total. The number of ether oxygens (including phenoxy) is 2. The van der Waals surface area contributed by atoms with Gasteiger partial charge in [0.15, 0.2) is 6.10 Å². The fourth-order valence-electron chi connectivity index (χ4n) is 4.46. The number of carbonyl (C=O) groups excluding carboxylic acids is 2. The number of allylic oxidation sites excluding steroid dienone is 14. The number of phosphoric ester groups is 1. The van der Waals surface area contributed by atoms with Crippen LogP contribution >= 0.6 is 7.82 Å². The first-order chi connectivity index (χ1) is 24.8. The highest BCUT2D eigenvalue weighted by Gasteiger charge is 2.25. The zero-order valence-electron chi connectivity index (χ0n) is 31.5.